The molecule has 0 aliphatic carbocycles. The van der Waals surface area contributed by atoms with Gasteiger partial charge in [0.05, 0.1) is 24.5 Å². The summed E-state index contributed by atoms with van der Waals surface area (Å²) in [6.07, 6.45) is 5.42. The van der Waals surface area contributed by atoms with Gasteiger partial charge in [0.1, 0.15) is 0 Å². The number of hydrogen-bond acceptors (Lipinski definition) is 5. The van der Waals surface area contributed by atoms with Crippen molar-refractivity contribution in [1.82, 2.24) is 20.1 Å². The maximum Gasteiger partial charge on any atom is 0.170 e. The lowest BCUT2D eigenvalue weighted by atomic mass is 10.0. The van der Waals surface area contributed by atoms with E-state index in [-0.39, 0.29) is 11.9 Å². The molecule has 0 amide bonds. The first-order valence-electron chi connectivity index (χ1n) is 8.80. The third-order valence-corrected chi connectivity index (χ3v) is 4.96. The van der Waals surface area contributed by atoms with Crippen molar-refractivity contribution in [2.24, 2.45) is 0 Å². The van der Waals surface area contributed by atoms with E-state index >= 15 is 0 Å². The molecule has 4 rings (SSSR count). The van der Waals surface area contributed by atoms with E-state index in [1.165, 1.54) is 0 Å². The van der Waals surface area contributed by atoms with Gasteiger partial charge in [0, 0.05) is 36.4 Å². The number of halogens is 1. The van der Waals surface area contributed by atoms with Gasteiger partial charge in [-0.05, 0) is 39.2 Å². The second-order valence-corrected chi connectivity index (χ2v) is 7.33. The van der Waals surface area contributed by atoms with E-state index < -0.39 is 0 Å². The van der Waals surface area contributed by atoms with Crippen LogP contribution in [0.25, 0.3) is 5.82 Å². The minimum atomic E-state index is 0.0293. The first kappa shape index (κ1) is 18.0. The Labute approximate surface area is 165 Å². The van der Waals surface area contributed by atoms with Crippen molar-refractivity contribution < 1.29 is 9.53 Å². The quantitative estimate of drug-likeness (QED) is 0.634. The fourth-order valence-corrected chi connectivity index (χ4v) is 3.25. The van der Waals surface area contributed by atoms with E-state index in [0.717, 1.165) is 35.3 Å². The van der Waals surface area contributed by atoms with Crippen LogP contribution in [-0.2, 0) is 11.2 Å². The number of aromatic nitrogens is 3. The Morgan fingerprint density at radius 3 is 2.78 bits per heavy atom. The molecule has 0 bridgehead atoms. The van der Waals surface area contributed by atoms with Crippen LogP contribution in [0, 0.1) is 0 Å². The molecular weight excluding hydrogens is 408 g/mol. The molecule has 1 saturated heterocycles. The zero-order chi connectivity index (χ0) is 18.6. The maximum atomic E-state index is 12.6. The molecule has 1 aliphatic heterocycles. The van der Waals surface area contributed by atoms with Crippen LogP contribution in [0.1, 0.15) is 27.6 Å². The Morgan fingerprint density at radius 1 is 1.22 bits per heavy atom. The standard InChI is InChI=1S/C20H19BrN4O2/c21-17-5-6-20(23-11-17)25-13-16(10-24-25)18(26)9-14-1-3-15(4-2-14)19-12-22-7-8-27-19/h1-6,10-11,13,19,22H,7-9,12H2/t19-/m1/s1. The second-order valence-electron chi connectivity index (χ2n) is 6.41. The molecule has 1 aliphatic rings. The van der Waals surface area contributed by atoms with Gasteiger partial charge < -0.3 is 10.1 Å². The van der Waals surface area contributed by atoms with E-state index in [4.69, 9.17) is 4.74 Å². The molecule has 138 valence electrons. The van der Waals surface area contributed by atoms with Gasteiger partial charge in [-0.3, -0.25) is 4.79 Å². The lowest BCUT2D eigenvalue weighted by Crippen LogP contribution is -2.33. The minimum absolute atomic E-state index is 0.0293. The van der Waals surface area contributed by atoms with Gasteiger partial charge in [0.15, 0.2) is 11.6 Å². The molecule has 7 heteroatoms. The van der Waals surface area contributed by atoms with Crippen molar-refractivity contribution in [3.05, 3.63) is 76.2 Å². The van der Waals surface area contributed by atoms with E-state index in [9.17, 15) is 4.79 Å². The highest BCUT2D eigenvalue weighted by Gasteiger charge is 2.16. The largest absolute Gasteiger partial charge is 0.371 e. The van der Waals surface area contributed by atoms with Crippen LogP contribution in [-0.4, -0.2) is 40.2 Å². The third-order valence-electron chi connectivity index (χ3n) is 4.49. The van der Waals surface area contributed by atoms with Gasteiger partial charge in [0.2, 0.25) is 0 Å². The van der Waals surface area contributed by atoms with E-state index in [2.05, 4.69) is 31.3 Å². The number of rotatable bonds is 5. The summed E-state index contributed by atoms with van der Waals surface area (Å²) >= 11 is 3.36. The van der Waals surface area contributed by atoms with E-state index in [0.29, 0.717) is 17.8 Å². The summed E-state index contributed by atoms with van der Waals surface area (Å²) in [4.78, 5) is 16.9. The highest BCUT2D eigenvalue weighted by atomic mass is 79.9. The highest BCUT2D eigenvalue weighted by Crippen LogP contribution is 2.20. The molecule has 0 unspecified atom stereocenters. The number of ketones is 1. The summed E-state index contributed by atoms with van der Waals surface area (Å²) in [7, 11) is 0. The van der Waals surface area contributed by atoms with Crippen LogP contribution in [0.4, 0.5) is 0 Å². The highest BCUT2D eigenvalue weighted by molar-refractivity contribution is 9.10. The summed E-state index contributed by atoms with van der Waals surface area (Å²) in [6.45, 7) is 2.44. The minimum Gasteiger partial charge on any atom is -0.371 e. The van der Waals surface area contributed by atoms with Crippen LogP contribution in [0.5, 0.6) is 0 Å². The molecule has 2 aromatic heterocycles. The Balaban J connectivity index is 1.42. The molecule has 1 fully saturated rings. The Hall–Kier alpha value is -2.35. The zero-order valence-corrected chi connectivity index (χ0v) is 16.2. The van der Waals surface area contributed by atoms with Crippen molar-refractivity contribution in [2.75, 3.05) is 19.7 Å². The maximum absolute atomic E-state index is 12.6. The monoisotopic (exact) mass is 426 g/mol. The second kappa shape index (κ2) is 8.12. The first-order valence-corrected chi connectivity index (χ1v) is 9.59. The lowest BCUT2D eigenvalue weighted by molar-refractivity contribution is 0.0277. The van der Waals surface area contributed by atoms with Gasteiger partial charge in [-0.15, -0.1) is 0 Å². The van der Waals surface area contributed by atoms with Crippen LogP contribution < -0.4 is 5.32 Å². The molecule has 27 heavy (non-hydrogen) atoms. The summed E-state index contributed by atoms with van der Waals surface area (Å²) < 4.78 is 8.26. The van der Waals surface area contributed by atoms with Crippen molar-refractivity contribution in [1.29, 1.82) is 0 Å². The van der Waals surface area contributed by atoms with Crippen LogP contribution in [0.3, 0.4) is 0 Å². The lowest BCUT2D eigenvalue weighted by Gasteiger charge is -2.24. The average molecular weight is 427 g/mol. The first-order chi connectivity index (χ1) is 13.2. The summed E-state index contributed by atoms with van der Waals surface area (Å²) in [5.74, 6) is 0.699. The molecule has 0 spiro atoms. The summed E-state index contributed by atoms with van der Waals surface area (Å²) in [5, 5.41) is 7.57. The van der Waals surface area contributed by atoms with Crippen molar-refractivity contribution >= 4 is 21.7 Å². The number of benzene rings is 1. The van der Waals surface area contributed by atoms with Gasteiger partial charge in [-0.25, -0.2) is 9.67 Å². The molecule has 1 aromatic carbocycles. The molecule has 3 aromatic rings. The number of carbonyl (C=O) groups excluding carboxylic acids is 1. The number of pyridine rings is 1. The van der Waals surface area contributed by atoms with Gasteiger partial charge in [-0.2, -0.15) is 5.10 Å². The van der Waals surface area contributed by atoms with Gasteiger partial charge in [-0.1, -0.05) is 24.3 Å². The smallest absolute Gasteiger partial charge is 0.170 e. The molecule has 3 heterocycles. The summed E-state index contributed by atoms with van der Waals surface area (Å²) in [5.41, 5.74) is 2.68. The van der Waals surface area contributed by atoms with E-state index in [1.54, 1.807) is 23.3 Å². The molecule has 0 saturated carbocycles. The van der Waals surface area contributed by atoms with Crippen molar-refractivity contribution in [2.45, 2.75) is 12.5 Å². The topological polar surface area (TPSA) is 69.0 Å². The molecule has 1 atom stereocenters. The number of morpholine rings is 1. The van der Waals surface area contributed by atoms with Gasteiger partial charge >= 0.3 is 0 Å². The summed E-state index contributed by atoms with van der Waals surface area (Å²) in [6, 6.07) is 11.8. The van der Waals surface area contributed by atoms with E-state index in [1.807, 2.05) is 36.4 Å². The predicted octanol–water partition coefficient (Wildman–Crippen LogP) is 3.12. The number of nitrogens with one attached hydrogen (secondary N) is 1. The number of carbonyl (C=O) groups is 1. The number of hydrogen-bond donors (Lipinski definition) is 1. The Morgan fingerprint density at radius 2 is 2.07 bits per heavy atom. The molecule has 6 nitrogen and oxygen atoms in total. The molecular formula is C20H19BrN4O2. The number of Topliss-reactive ketones (excluding diaryl/α,β-unsaturated/α-hetero) is 1. The van der Waals surface area contributed by atoms with Crippen LogP contribution >= 0.6 is 15.9 Å². The fourth-order valence-electron chi connectivity index (χ4n) is 3.01. The average Bonchev–Trinajstić information content (AvgIpc) is 3.20. The Kier molecular flexibility index (Phi) is 5.42. The SMILES string of the molecule is O=C(Cc1ccc([C@H]2CNCCO2)cc1)c1cnn(-c2ccc(Br)cn2)c1. The Bertz CT molecular complexity index is 916. The molecule has 0 radical (unpaired) electrons. The molecule has 1 N–H and O–H groups in total. The zero-order valence-electron chi connectivity index (χ0n) is 14.6. The van der Waals surface area contributed by atoms with Crippen molar-refractivity contribution in [3.8, 4) is 5.82 Å². The fraction of sp³-hybridized carbons (Fsp3) is 0.250. The normalized spacial score (nSPS) is 17.0. The van der Waals surface area contributed by atoms with Gasteiger partial charge in [0.25, 0.3) is 0 Å². The number of nitrogens with zero attached hydrogens (tertiary/aromatic N) is 3. The van der Waals surface area contributed by atoms with Crippen molar-refractivity contribution in [3.63, 3.8) is 0 Å². The van der Waals surface area contributed by atoms with Crippen LogP contribution in [0.15, 0.2) is 59.5 Å². The number of ether oxygens (including phenoxy) is 1. The predicted molar refractivity (Wildman–Crippen MR) is 105 cm³/mol. The third kappa shape index (κ3) is 4.32. The van der Waals surface area contributed by atoms with Crippen LogP contribution in [0.2, 0.25) is 0 Å².